The predicted molar refractivity (Wildman–Crippen MR) is 44.7 cm³/mol. The number of allylic oxidation sites excluding steroid dienone is 2. The van der Waals surface area contributed by atoms with Gasteiger partial charge in [0.2, 0.25) is 0 Å². The molecule has 0 fully saturated rings. The standard InChI is InChI=1S/C6H5Cl3O2/c7-3-1-5(10)6(9,11)2-4(3)8/h1-2,5,10-11H. The molecule has 0 bridgehead atoms. The Morgan fingerprint density at radius 2 is 1.91 bits per heavy atom. The molecule has 2 atom stereocenters. The predicted octanol–water partition coefficient (Wildman–Crippen LogP) is 1.53. The van der Waals surface area contributed by atoms with Crippen LogP contribution in [-0.4, -0.2) is 21.4 Å². The first kappa shape index (κ1) is 9.36. The van der Waals surface area contributed by atoms with Crippen LogP contribution >= 0.6 is 34.8 Å². The average molecular weight is 215 g/mol. The number of alkyl halides is 1. The van der Waals surface area contributed by atoms with Gasteiger partial charge in [-0.15, -0.1) is 0 Å². The Morgan fingerprint density at radius 1 is 1.36 bits per heavy atom. The van der Waals surface area contributed by atoms with Crippen molar-refractivity contribution < 1.29 is 10.2 Å². The van der Waals surface area contributed by atoms with Crippen LogP contribution in [0.4, 0.5) is 0 Å². The molecule has 0 saturated heterocycles. The Bertz CT molecular complexity index is 232. The number of halogens is 3. The van der Waals surface area contributed by atoms with Gasteiger partial charge in [-0.1, -0.05) is 34.8 Å². The van der Waals surface area contributed by atoms with Crippen molar-refractivity contribution in [2.75, 3.05) is 0 Å². The zero-order valence-electron chi connectivity index (χ0n) is 5.26. The van der Waals surface area contributed by atoms with Crippen molar-refractivity contribution in [1.29, 1.82) is 0 Å². The Hall–Kier alpha value is 0.270. The summed E-state index contributed by atoms with van der Waals surface area (Å²) in [7, 11) is 0. The fourth-order valence-corrected chi connectivity index (χ4v) is 1.30. The Morgan fingerprint density at radius 3 is 2.36 bits per heavy atom. The second kappa shape index (κ2) is 2.96. The van der Waals surface area contributed by atoms with E-state index in [0.717, 1.165) is 6.08 Å². The molecule has 0 amide bonds. The molecular formula is C6H5Cl3O2. The van der Waals surface area contributed by atoms with Crippen molar-refractivity contribution >= 4 is 34.8 Å². The minimum absolute atomic E-state index is 0.134. The summed E-state index contributed by atoms with van der Waals surface area (Å²) in [4.78, 5) is 0. The molecule has 0 aromatic rings. The van der Waals surface area contributed by atoms with E-state index in [-0.39, 0.29) is 10.1 Å². The van der Waals surface area contributed by atoms with E-state index in [0.29, 0.717) is 0 Å². The van der Waals surface area contributed by atoms with Gasteiger partial charge < -0.3 is 10.2 Å². The monoisotopic (exact) mass is 214 g/mol. The van der Waals surface area contributed by atoms with Crippen molar-refractivity contribution in [2.24, 2.45) is 0 Å². The van der Waals surface area contributed by atoms with E-state index in [1.54, 1.807) is 0 Å². The lowest BCUT2D eigenvalue weighted by Crippen LogP contribution is -2.35. The first-order valence-corrected chi connectivity index (χ1v) is 3.92. The first-order valence-electron chi connectivity index (χ1n) is 2.79. The minimum atomic E-state index is -1.84. The van der Waals surface area contributed by atoms with E-state index in [1.165, 1.54) is 6.08 Å². The lowest BCUT2D eigenvalue weighted by Gasteiger charge is -2.24. The third-order valence-corrected chi connectivity index (χ3v) is 2.35. The molecule has 0 aromatic carbocycles. The van der Waals surface area contributed by atoms with Crippen LogP contribution in [0.1, 0.15) is 0 Å². The van der Waals surface area contributed by atoms with Crippen LogP contribution in [0.2, 0.25) is 0 Å². The van der Waals surface area contributed by atoms with Crippen LogP contribution in [-0.2, 0) is 0 Å². The summed E-state index contributed by atoms with van der Waals surface area (Å²) in [6, 6.07) is 0. The van der Waals surface area contributed by atoms with Gasteiger partial charge >= 0.3 is 0 Å². The molecule has 0 saturated carbocycles. The fraction of sp³-hybridized carbons (Fsp3) is 0.333. The topological polar surface area (TPSA) is 40.5 Å². The van der Waals surface area contributed by atoms with Crippen molar-refractivity contribution in [2.45, 2.75) is 11.2 Å². The van der Waals surface area contributed by atoms with Gasteiger partial charge in [0.25, 0.3) is 0 Å². The number of rotatable bonds is 0. The molecule has 0 spiro atoms. The summed E-state index contributed by atoms with van der Waals surface area (Å²) in [6.45, 7) is 0. The molecule has 62 valence electrons. The molecule has 0 aromatic heterocycles. The number of hydrogen-bond acceptors (Lipinski definition) is 2. The Kier molecular flexibility index (Phi) is 2.52. The highest BCUT2D eigenvalue weighted by molar-refractivity contribution is 6.44. The zero-order chi connectivity index (χ0) is 8.65. The van der Waals surface area contributed by atoms with E-state index in [4.69, 9.17) is 39.9 Å². The maximum atomic E-state index is 9.18. The lowest BCUT2D eigenvalue weighted by atomic mass is 10.1. The van der Waals surface area contributed by atoms with Crippen LogP contribution in [0, 0.1) is 0 Å². The highest BCUT2D eigenvalue weighted by Gasteiger charge is 2.33. The molecule has 0 heterocycles. The fourth-order valence-electron chi connectivity index (χ4n) is 0.667. The summed E-state index contributed by atoms with van der Waals surface area (Å²) in [6.07, 6.45) is 1.04. The maximum absolute atomic E-state index is 9.18. The van der Waals surface area contributed by atoms with Gasteiger partial charge in [-0.3, -0.25) is 0 Å². The van der Waals surface area contributed by atoms with E-state index in [2.05, 4.69) is 0 Å². The number of hydrogen-bond donors (Lipinski definition) is 2. The summed E-state index contributed by atoms with van der Waals surface area (Å²) in [5.74, 6) is 0. The molecule has 1 rings (SSSR count). The second-order valence-corrected chi connectivity index (χ2v) is 3.60. The van der Waals surface area contributed by atoms with Gasteiger partial charge in [0, 0.05) is 0 Å². The van der Waals surface area contributed by atoms with Gasteiger partial charge in [0.1, 0.15) is 6.10 Å². The molecule has 0 aliphatic heterocycles. The second-order valence-electron chi connectivity index (χ2n) is 2.18. The van der Waals surface area contributed by atoms with E-state index in [9.17, 15) is 5.11 Å². The molecular weight excluding hydrogens is 210 g/mol. The lowest BCUT2D eigenvalue weighted by molar-refractivity contribution is 0.0472. The highest BCUT2D eigenvalue weighted by Crippen LogP contribution is 2.33. The summed E-state index contributed by atoms with van der Waals surface area (Å²) in [5.41, 5.74) is 0. The van der Waals surface area contributed by atoms with Crippen molar-refractivity contribution in [1.82, 2.24) is 0 Å². The third-order valence-electron chi connectivity index (χ3n) is 1.28. The van der Waals surface area contributed by atoms with Gasteiger partial charge in [-0.05, 0) is 12.2 Å². The van der Waals surface area contributed by atoms with E-state index >= 15 is 0 Å². The Balaban J connectivity index is 2.98. The summed E-state index contributed by atoms with van der Waals surface area (Å²) < 4.78 is 0. The van der Waals surface area contributed by atoms with Crippen LogP contribution in [0.3, 0.4) is 0 Å². The Labute approximate surface area is 78.7 Å². The first-order chi connectivity index (χ1) is 4.93. The van der Waals surface area contributed by atoms with Gasteiger partial charge in [0.15, 0.2) is 5.06 Å². The molecule has 1 aliphatic rings. The zero-order valence-corrected chi connectivity index (χ0v) is 7.53. The molecule has 2 unspecified atom stereocenters. The van der Waals surface area contributed by atoms with Gasteiger partial charge in [-0.25, -0.2) is 0 Å². The largest absolute Gasteiger partial charge is 0.384 e. The van der Waals surface area contributed by atoms with E-state index in [1.807, 2.05) is 0 Å². The van der Waals surface area contributed by atoms with Crippen molar-refractivity contribution in [3.8, 4) is 0 Å². The summed E-state index contributed by atoms with van der Waals surface area (Å²) in [5, 5.41) is 16.7. The molecule has 1 aliphatic carbocycles. The van der Waals surface area contributed by atoms with Crippen LogP contribution in [0.5, 0.6) is 0 Å². The number of aliphatic hydroxyl groups excluding tert-OH is 1. The average Bonchev–Trinajstić information content (AvgIpc) is 1.83. The van der Waals surface area contributed by atoms with Crippen molar-refractivity contribution in [3.63, 3.8) is 0 Å². The van der Waals surface area contributed by atoms with Gasteiger partial charge in [-0.2, -0.15) is 0 Å². The van der Waals surface area contributed by atoms with E-state index < -0.39 is 11.2 Å². The molecule has 0 radical (unpaired) electrons. The summed E-state index contributed by atoms with van der Waals surface area (Å²) >= 11 is 16.5. The molecule has 11 heavy (non-hydrogen) atoms. The molecule has 2 nitrogen and oxygen atoms in total. The normalized spacial score (nSPS) is 38.1. The number of aliphatic hydroxyl groups is 2. The van der Waals surface area contributed by atoms with Crippen molar-refractivity contribution in [3.05, 3.63) is 22.2 Å². The van der Waals surface area contributed by atoms with Crippen LogP contribution in [0.15, 0.2) is 22.2 Å². The SMILES string of the molecule is OC1C=C(Cl)C(Cl)=CC1(O)Cl. The highest BCUT2D eigenvalue weighted by atomic mass is 35.5. The molecule has 5 heteroatoms. The minimum Gasteiger partial charge on any atom is -0.384 e. The van der Waals surface area contributed by atoms with Crippen LogP contribution < -0.4 is 0 Å². The van der Waals surface area contributed by atoms with Gasteiger partial charge in [0.05, 0.1) is 10.1 Å². The van der Waals surface area contributed by atoms with Crippen LogP contribution in [0.25, 0.3) is 0 Å². The third kappa shape index (κ3) is 1.89. The quantitative estimate of drug-likeness (QED) is 0.602. The molecule has 2 N–H and O–H groups in total. The maximum Gasteiger partial charge on any atom is 0.189 e. The smallest absolute Gasteiger partial charge is 0.189 e.